The van der Waals surface area contributed by atoms with Gasteiger partial charge >= 0.3 is 11.4 Å². The van der Waals surface area contributed by atoms with E-state index >= 15 is 0 Å². The Kier molecular flexibility index (Phi) is 2.77. The monoisotopic (exact) mass is 212 g/mol. The maximum atomic E-state index is 11.4. The third kappa shape index (κ3) is 1.90. The maximum absolute atomic E-state index is 11.4. The van der Waals surface area contributed by atoms with E-state index in [1.165, 1.54) is 4.57 Å². The average Bonchev–Trinajstić information content (AvgIpc) is 2.59. The summed E-state index contributed by atoms with van der Waals surface area (Å²) in [5.74, 6) is 0.355. The predicted molar refractivity (Wildman–Crippen MR) is 56.0 cm³/mol. The van der Waals surface area contributed by atoms with Gasteiger partial charge in [-0.1, -0.05) is 0 Å². The van der Waals surface area contributed by atoms with Crippen LogP contribution in [0, 0.1) is 5.92 Å². The molecule has 3 N–H and O–H groups in total. The molecule has 2 atom stereocenters. The minimum absolute atomic E-state index is 0.0553. The minimum Gasteiger partial charge on any atom is -0.316 e. The molecule has 0 amide bonds. The van der Waals surface area contributed by atoms with Crippen molar-refractivity contribution in [2.75, 3.05) is 13.1 Å². The van der Waals surface area contributed by atoms with Crippen molar-refractivity contribution in [3.05, 3.63) is 21.0 Å². The van der Waals surface area contributed by atoms with Crippen molar-refractivity contribution in [1.29, 1.82) is 0 Å². The van der Waals surface area contributed by atoms with Crippen LogP contribution in [0.25, 0.3) is 0 Å². The van der Waals surface area contributed by atoms with Crippen molar-refractivity contribution in [1.82, 2.24) is 20.1 Å². The van der Waals surface area contributed by atoms with Gasteiger partial charge in [0.15, 0.2) is 0 Å². The average molecular weight is 212 g/mol. The lowest BCUT2D eigenvalue weighted by Crippen LogP contribution is -2.40. The highest BCUT2D eigenvalue weighted by Crippen LogP contribution is 2.21. The Morgan fingerprint density at radius 1 is 1.33 bits per heavy atom. The molecular weight excluding hydrogens is 196 g/mol. The second-order valence-corrected chi connectivity index (χ2v) is 4.08. The molecule has 1 aromatic heterocycles. The van der Waals surface area contributed by atoms with Crippen LogP contribution in [0.3, 0.4) is 0 Å². The standard InChI is InChI=1S/C9H16N4O2/c1-6(7-3-2-4-10-5-7)13-8(14)11-12-9(13)15/h6-7,10H,2-5H2,1H3,(H,11,14)(H,12,15). The molecule has 0 saturated carbocycles. The zero-order valence-corrected chi connectivity index (χ0v) is 8.75. The third-order valence-electron chi connectivity index (χ3n) is 3.14. The fraction of sp³-hybridized carbons (Fsp3) is 0.778. The predicted octanol–water partition coefficient (Wildman–Crippen LogP) is -0.575. The molecule has 6 nitrogen and oxygen atoms in total. The Balaban J connectivity index is 2.23. The molecule has 0 aromatic carbocycles. The quantitative estimate of drug-likeness (QED) is 0.613. The summed E-state index contributed by atoms with van der Waals surface area (Å²) in [7, 11) is 0. The van der Waals surface area contributed by atoms with Gasteiger partial charge < -0.3 is 5.32 Å². The third-order valence-corrected chi connectivity index (χ3v) is 3.14. The highest BCUT2D eigenvalue weighted by atomic mass is 16.2. The highest BCUT2D eigenvalue weighted by Gasteiger charge is 2.23. The minimum atomic E-state index is -0.349. The van der Waals surface area contributed by atoms with Crippen LogP contribution in [0.5, 0.6) is 0 Å². The topological polar surface area (TPSA) is 82.7 Å². The van der Waals surface area contributed by atoms with Crippen molar-refractivity contribution >= 4 is 0 Å². The summed E-state index contributed by atoms with van der Waals surface area (Å²) in [6, 6.07) is -0.0553. The van der Waals surface area contributed by atoms with Gasteiger partial charge in [-0.05, 0) is 38.8 Å². The number of hydrogen-bond donors (Lipinski definition) is 3. The number of piperidine rings is 1. The Hall–Kier alpha value is -1.30. The first-order valence-electron chi connectivity index (χ1n) is 5.30. The number of nitrogens with one attached hydrogen (secondary N) is 3. The SMILES string of the molecule is CC(C1CCCNC1)n1c(=O)[nH][nH]c1=O. The van der Waals surface area contributed by atoms with Gasteiger partial charge in [0.2, 0.25) is 0 Å². The van der Waals surface area contributed by atoms with Crippen LogP contribution in [0.1, 0.15) is 25.8 Å². The van der Waals surface area contributed by atoms with Crippen LogP contribution in [0.4, 0.5) is 0 Å². The Morgan fingerprint density at radius 3 is 2.53 bits per heavy atom. The zero-order valence-electron chi connectivity index (χ0n) is 8.75. The number of rotatable bonds is 2. The summed E-state index contributed by atoms with van der Waals surface area (Å²) in [5, 5.41) is 7.89. The molecule has 0 spiro atoms. The summed E-state index contributed by atoms with van der Waals surface area (Å²) < 4.78 is 1.26. The lowest BCUT2D eigenvalue weighted by atomic mass is 9.93. The van der Waals surface area contributed by atoms with Gasteiger partial charge in [0, 0.05) is 6.04 Å². The van der Waals surface area contributed by atoms with E-state index in [1.54, 1.807) is 0 Å². The fourth-order valence-electron chi connectivity index (χ4n) is 2.19. The summed E-state index contributed by atoms with van der Waals surface area (Å²) >= 11 is 0. The molecule has 1 fully saturated rings. The number of aromatic amines is 2. The smallest absolute Gasteiger partial charge is 0.316 e. The van der Waals surface area contributed by atoms with Crippen LogP contribution in [0.2, 0.25) is 0 Å². The van der Waals surface area contributed by atoms with Crippen LogP contribution in [-0.4, -0.2) is 27.9 Å². The van der Waals surface area contributed by atoms with Gasteiger partial charge in [0.05, 0.1) is 0 Å². The van der Waals surface area contributed by atoms with E-state index in [2.05, 4.69) is 15.5 Å². The molecule has 2 rings (SSSR count). The molecule has 0 aliphatic carbocycles. The summed E-state index contributed by atoms with van der Waals surface area (Å²) in [5.41, 5.74) is -0.698. The normalized spacial score (nSPS) is 23.9. The van der Waals surface area contributed by atoms with E-state index in [-0.39, 0.29) is 17.4 Å². The van der Waals surface area contributed by atoms with E-state index in [0.717, 1.165) is 25.9 Å². The fourth-order valence-corrected chi connectivity index (χ4v) is 2.19. The number of hydrogen-bond acceptors (Lipinski definition) is 3. The molecule has 0 bridgehead atoms. The first-order chi connectivity index (χ1) is 7.20. The van der Waals surface area contributed by atoms with E-state index in [4.69, 9.17) is 0 Å². The molecule has 2 heterocycles. The summed E-state index contributed by atoms with van der Waals surface area (Å²) in [4.78, 5) is 22.8. The van der Waals surface area contributed by atoms with Crippen molar-refractivity contribution in [2.45, 2.75) is 25.8 Å². The number of aromatic nitrogens is 3. The lowest BCUT2D eigenvalue weighted by molar-refractivity contribution is 0.272. The van der Waals surface area contributed by atoms with Gasteiger partial charge in [-0.15, -0.1) is 0 Å². The van der Waals surface area contributed by atoms with E-state index in [1.807, 2.05) is 6.92 Å². The van der Waals surface area contributed by atoms with E-state index < -0.39 is 0 Å². The summed E-state index contributed by atoms with van der Waals surface area (Å²) in [6.07, 6.45) is 2.16. The summed E-state index contributed by atoms with van der Waals surface area (Å²) in [6.45, 7) is 3.82. The van der Waals surface area contributed by atoms with Crippen LogP contribution in [0.15, 0.2) is 9.59 Å². The van der Waals surface area contributed by atoms with Crippen molar-refractivity contribution in [3.8, 4) is 0 Å². The van der Waals surface area contributed by atoms with E-state index in [9.17, 15) is 9.59 Å². The van der Waals surface area contributed by atoms with Gasteiger partial charge in [-0.2, -0.15) is 0 Å². The molecular formula is C9H16N4O2. The van der Waals surface area contributed by atoms with Gasteiger partial charge in [-0.25, -0.2) is 24.4 Å². The largest absolute Gasteiger partial charge is 0.344 e. The zero-order chi connectivity index (χ0) is 10.8. The number of nitrogens with zero attached hydrogens (tertiary/aromatic N) is 1. The van der Waals surface area contributed by atoms with Crippen molar-refractivity contribution in [2.24, 2.45) is 5.92 Å². The molecule has 2 unspecified atom stereocenters. The van der Waals surface area contributed by atoms with E-state index in [0.29, 0.717) is 5.92 Å². The number of H-pyrrole nitrogens is 2. The van der Waals surface area contributed by atoms with Gasteiger partial charge in [-0.3, -0.25) is 0 Å². The molecule has 0 radical (unpaired) electrons. The first-order valence-corrected chi connectivity index (χ1v) is 5.30. The Labute approximate surface area is 86.7 Å². The molecule has 6 heteroatoms. The molecule has 15 heavy (non-hydrogen) atoms. The molecule has 1 saturated heterocycles. The van der Waals surface area contributed by atoms with Crippen LogP contribution in [-0.2, 0) is 0 Å². The molecule has 1 aliphatic rings. The van der Waals surface area contributed by atoms with Crippen molar-refractivity contribution in [3.63, 3.8) is 0 Å². The van der Waals surface area contributed by atoms with Gasteiger partial charge in [0.25, 0.3) is 0 Å². The second-order valence-electron chi connectivity index (χ2n) is 4.08. The van der Waals surface area contributed by atoms with Crippen molar-refractivity contribution < 1.29 is 0 Å². The molecule has 84 valence electrons. The second kappa shape index (κ2) is 4.06. The first kappa shape index (κ1) is 10.2. The van der Waals surface area contributed by atoms with Crippen LogP contribution >= 0.6 is 0 Å². The Bertz CT molecular complexity index is 396. The lowest BCUT2D eigenvalue weighted by Gasteiger charge is -2.27. The maximum Gasteiger partial charge on any atom is 0.344 e. The Morgan fingerprint density at radius 2 is 2.00 bits per heavy atom. The highest BCUT2D eigenvalue weighted by molar-refractivity contribution is 4.81. The molecule has 1 aromatic rings. The molecule has 1 aliphatic heterocycles. The van der Waals surface area contributed by atoms with Gasteiger partial charge in [0.1, 0.15) is 0 Å². The van der Waals surface area contributed by atoms with Crippen LogP contribution < -0.4 is 16.7 Å².